The second-order valence-corrected chi connectivity index (χ2v) is 6.97. The average Bonchev–Trinajstić information content (AvgIpc) is 3.31. The predicted molar refractivity (Wildman–Crippen MR) is 104 cm³/mol. The van der Waals surface area contributed by atoms with E-state index in [0.29, 0.717) is 6.61 Å². The molecule has 5 nitrogen and oxygen atoms in total. The number of ether oxygens (including phenoxy) is 2. The Bertz CT molecular complexity index is 894. The minimum atomic E-state index is 0.660. The number of hydrogen-bond acceptors (Lipinski definition) is 6. The Hall–Kier alpha value is -2.60. The second-order valence-electron chi connectivity index (χ2n) is 6.06. The molecule has 0 saturated carbocycles. The van der Waals surface area contributed by atoms with E-state index < -0.39 is 0 Å². The van der Waals surface area contributed by atoms with Crippen molar-refractivity contribution < 1.29 is 9.47 Å². The first-order valence-corrected chi connectivity index (χ1v) is 9.73. The molecule has 1 aliphatic rings. The van der Waals surface area contributed by atoms with E-state index in [1.807, 2.05) is 24.4 Å². The van der Waals surface area contributed by atoms with Gasteiger partial charge >= 0.3 is 0 Å². The fraction of sp³-hybridized carbons (Fsp3) is 0.300. The lowest BCUT2D eigenvalue weighted by molar-refractivity contribution is 0.342. The van der Waals surface area contributed by atoms with Crippen LogP contribution in [0.25, 0.3) is 10.7 Å². The van der Waals surface area contributed by atoms with Gasteiger partial charge in [-0.3, -0.25) is 0 Å². The van der Waals surface area contributed by atoms with E-state index >= 15 is 0 Å². The first-order valence-electron chi connectivity index (χ1n) is 8.85. The van der Waals surface area contributed by atoms with Gasteiger partial charge in [-0.25, -0.2) is 9.97 Å². The van der Waals surface area contributed by atoms with Gasteiger partial charge in [-0.2, -0.15) is 0 Å². The van der Waals surface area contributed by atoms with Crippen molar-refractivity contribution in [2.45, 2.75) is 19.8 Å². The quantitative estimate of drug-likeness (QED) is 0.678. The molecule has 4 rings (SSSR count). The number of nitrogens with zero attached hydrogens (tertiary/aromatic N) is 2. The predicted octanol–water partition coefficient (Wildman–Crippen LogP) is 4.19. The molecular formula is C20H21N3O2S. The van der Waals surface area contributed by atoms with Crippen molar-refractivity contribution in [3.8, 4) is 22.2 Å². The summed E-state index contributed by atoms with van der Waals surface area (Å²) in [5.41, 5.74) is 2.63. The summed E-state index contributed by atoms with van der Waals surface area (Å²) in [4.78, 5) is 10.0. The van der Waals surface area contributed by atoms with Gasteiger partial charge in [-0.05, 0) is 36.6 Å². The van der Waals surface area contributed by atoms with Crippen LogP contribution in [0.3, 0.4) is 0 Å². The topological polar surface area (TPSA) is 56.3 Å². The van der Waals surface area contributed by atoms with E-state index in [4.69, 9.17) is 9.47 Å². The van der Waals surface area contributed by atoms with Gasteiger partial charge in [0.15, 0.2) is 5.82 Å². The van der Waals surface area contributed by atoms with Gasteiger partial charge in [-0.15, -0.1) is 11.3 Å². The monoisotopic (exact) mass is 367 g/mol. The number of benzene rings is 1. The van der Waals surface area contributed by atoms with E-state index in [9.17, 15) is 0 Å². The van der Waals surface area contributed by atoms with E-state index in [1.165, 1.54) is 11.1 Å². The summed E-state index contributed by atoms with van der Waals surface area (Å²) >= 11 is 1.59. The number of hydrogen-bond donors (Lipinski definition) is 1. The van der Waals surface area contributed by atoms with Crippen LogP contribution in [0.4, 0.5) is 5.82 Å². The lowest BCUT2D eigenvalue weighted by Crippen LogP contribution is -2.07. The van der Waals surface area contributed by atoms with Gasteiger partial charge in [0, 0.05) is 30.6 Å². The van der Waals surface area contributed by atoms with E-state index in [2.05, 4.69) is 33.5 Å². The van der Waals surface area contributed by atoms with E-state index in [-0.39, 0.29) is 0 Å². The van der Waals surface area contributed by atoms with Crippen molar-refractivity contribution in [2.24, 2.45) is 0 Å². The molecule has 0 fully saturated rings. The standard InChI is InChI=1S/C20H21N3O2S/c1-2-24-16-12-18(26-13-16)20-22-9-6-19(23-20)21-8-5-14-3-4-17-15(11-14)7-10-25-17/h3-4,6,9,11-13H,2,5,7-8,10H2,1H3,(H,21,22,23). The molecule has 3 heterocycles. The number of fused-ring (bicyclic) bond motifs is 1. The van der Waals surface area contributed by atoms with Crippen molar-refractivity contribution in [1.29, 1.82) is 0 Å². The third-order valence-electron chi connectivity index (χ3n) is 4.24. The maximum absolute atomic E-state index is 5.56. The Morgan fingerprint density at radius 2 is 2.23 bits per heavy atom. The zero-order valence-electron chi connectivity index (χ0n) is 14.7. The summed E-state index contributed by atoms with van der Waals surface area (Å²) in [6.07, 6.45) is 3.74. The second kappa shape index (κ2) is 7.74. The summed E-state index contributed by atoms with van der Waals surface area (Å²) < 4.78 is 11.1. The highest BCUT2D eigenvalue weighted by Gasteiger charge is 2.12. The Labute approximate surface area is 157 Å². The fourth-order valence-corrected chi connectivity index (χ4v) is 3.75. The number of aromatic nitrogens is 2. The number of rotatable bonds is 7. The molecule has 1 aromatic carbocycles. The van der Waals surface area contributed by atoms with Crippen molar-refractivity contribution in [3.63, 3.8) is 0 Å². The molecule has 26 heavy (non-hydrogen) atoms. The van der Waals surface area contributed by atoms with Crippen LogP contribution in [-0.4, -0.2) is 29.7 Å². The molecule has 2 aromatic heterocycles. The van der Waals surface area contributed by atoms with Crippen molar-refractivity contribution in [3.05, 3.63) is 53.0 Å². The number of nitrogens with one attached hydrogen (secondary N) is 1. The highest BCUT2D eigenvalue weighted by Crippen LogP contribution is 2.29. The van der Waals surface area contributed by atoms with Crippen molar-refractivity contribution in [2.75, 3.05) is 25.1 Å². The Kier molecular flexibility index (Phi) is 5.02. The van der Waals surface area contributed by atoms with Gasteiger partial charge in [0.05, 0.1) is 18.1 Å². The Morgan fingerprint density at radius 3 is 3.15 bits per heavy atom. The lowest BCUT2D eigenvalue weighted by Gasteiger charge is -2.07. The molecule has 0 bridgehead atoms. The molecule has 134 valence electrons. The minimum Gasteiger partial charge on any atom is -0.493 e. The van der Waals surface area contributed by atoms with Gasteiger partial charge in [-0.1, -0.05) is 12.1 Å². The molecule has 0 amide bonds. The third kappa shape index (κ3) is 3.80. The molecule has 1 aliphatic heterocycles. The smallest absolute Gasteiger partial charge is 0.171 e. The molecule has 0 spiro atoms. The Morgan fingerprint density at radius 1 is 1.27 bits per heavy atom. The zero-order valence-corrected chi connectivity index (χ0v) is 15.5. The van der Waals surface area contributed by atoms with Crippen molar-refractivity contribution >= 4 is 17.2 Å². The van der Waals surface area contributed by atoms with Crippen LogP contribution in [-0.2, 0) is 12.8 Å². The van der Waals surface area contributed by atoms with Gasteiger partial charge in [0.2, 0.25) is 0 Å². The van der Waals surface area contributed by atoms with Crippen LogP contribution < -0.4 is 14.8 Å². The van der Waals surface area contributed by atoms with E-state index in [1.54, 1.807) is 17.5 Å². The lowest BCUT2D eigenvalue weighted by atomic mass is 10.1. The highest BCUT2D eigenvalue weighted by atomic mass is 32.1. The molecular weight excluding hydrogens is 346 g/mol. The summed E-state index contributed by atoms with van der Waals surface area (Å²) in [5.74, 6) is 3.46. The van der Waals surface area contributed by atoms with Crippen LogP contribution in [0.2, 0.25) is 0 Å². The van der Waals surface area contributed by atoms with E-state index in [0.717, 1.165) is 54.0 Å². The molecule has 0 atom stereocenters. The summed E-state index contributed by atoms with van der Waals surface area (Å²) in [6, 6.07) is 10.3. The van der Waals surface area contributed by atoms with Crippen LogP contribution in [0.15, 0.2) is 41.9 Å². The summed E-state index contributed by atoms with van der Waals surface area (Å²) in [5, 5.41) is 5.38. The number of thiophene rings is 1. The molecule has 0 aliphatic carbocycles. The van der Waals surface area contributed by atoms with Crippen molar-refractivity contribution in [1.82, 2.24) is 9.97 Å². The van der Waals surface area contributed by atoms with Crippen LogP contribution in [0.5, 0.6) is 11.5 Å². The van der Waals surface area contributed by atoms with Crippen LogP contribution in [0, 0.1) is 0 Å². The third-order valence-corrected chi connectivity index (χ3v) is 5.14. The fourth-order valence-electron chi connectivity index (χ4n) is 2.98. The maximum atomic E-state index is 5.56. The normalized spacial score (nSPS) is 12.5. The molecule has 3 aromatic rings. The van der Waals surface area contributed by atoms with Gasteiger partial charge in [0.25, 0.3) is 0 Å². The molecule has 6 heteroatoms. The minimum absolute atomic E-state index is 0.660. The molecule has 0 radical (unpaired) electrons. The summed E-state index contributed by atoms with van der Waals surface area (Å²) in [7, 11) is 0. The highest BCUT2D eigenvalue weighted by molar-refractivity contribution is 7.13. The Balaban J connectivity index is 1.37. The maximum Gasteiger partial charge on any atom is 0.171 e. The molecule has 1 N–H and O–H groups in total. The van der Waals surface area contributed by atoms with Gasteiger partial charge < -0.3 is 14.8 Å². The number of anilines is 1. The molecule has 0 saturated heterocycles. The largest absolute Gasteiger partial charge is 0.493 e. The average molecular weight is 367 g/mol. The van der Waals surface area contributed by atoms with Crippen LogP contribution >= 0.6 is 11.3 Å². The summed E-state index contributed by atoms with van der Waals surface area (Å²) in [6.45, 7) is 4.26. The molecule has 0 unspecified atom stereocenters. The zero-order chi connectivity index (χ0) is 17.8. The SMILES string of the molecule is CCOc1csc(-c2nccc(NCCc3ccc4c(c3)CCO4)n2)c1. The first kappa shape index (κ1) is 16.8. The van der Waals surface area contributed by atoms with Crippen LogP contribution in [0.1, 0.15) is 18.1 Å². The first-order chi connectivity index (χ1) is 12.8. The van der Waals surface area contributed by atoms with Gasteiger partial charge in [0.1, 0.15) is 17.3 Å².